The van der Waals surface area contributed by atoms with Gasteiger partial charge in [-0.25, -0.2) is 8.42 Å². The second-order valence-corrected chi connectivity index (χ2v) is 10.1. The van der Waals surface area contributed by atoms with Crippen molar-refractivity contribution >= 4 is 21.7 Å². The van der Waals surface area contributed by atoms with E-state index in [1.54, 1.807) is 42.5 Å². The zero-order valence-corrected chi connectivity index (χ0v) is 19.4. The third-order valence-electron chi connectivity index (χ3n) is 5.47. The molecule has 2 amide bonds. The van der Waals surface area contributed by atoms with Crippen molar-refractivity contribution in [2.75, 3.05) is 20.0 Å². The molecule has 0 fully saturated rings. The molecule has 0 saturated heterocycles. The number of carbonyl (C=O) groups excluding carboxylic acids is 2. The van der Waals surface area contributed by atoms with Crippen LogP contribution in [-0.4, -0.2) is 46.2 Å². The summed E-state index contributed by atoms with van der Waals surface area (Å²) in [5.74, 6) is -0.142. The Morgan fingerprint density at radius 3 is 2.25 bits per heavy atom. The number of carbonyl (C=O) groups is 2. The van der Waals surface area contributed by atoms with E-state index in [4.69, 9.17) is 9.47 Å². The maximum absolute atomic E-state index is 13.1. The first-order chi connectivity index (χ1) is 15.2. The smallest absolute Gasteiger partial charge is 0.252 e. The lowest BCUT2D eigenvalue weighted by Crippen LogP contribution is -2.51. The van der Waals surface area contributed by atoms with Gasteiger partial charge in [-0.1, -0.05) is 32.0 Å². The van der Waals surface area contributed by atoms with E-state index in [-0.39, 0.29) is 28.9 Å². The van der Waals surface area contributed by atoms with Crippen LogP contribution in [0.2, 0.25) is 0 Å². The van der Waals surface area contributed by atoms with Crippen LogP contribution in [0.5, 0.6) is 11.5 Å². The SMILES string of the molecule is COc1cc(OC)cc(C(=O)N[C@@H](C(=O)N[C@@H]2CCS(=O)(=O)c3ccccc32)C(C)C)c1. The lowest BCUT2D eigenvalue weighted by atomic mass is 9.99. The molecule has 2 aromatic rings. The number of ether oxygens (including phenoxy) is 2. The number of hydrogen-bond donors (Lipinski definition) is 2. The van der Waals surface area contributed by atoms with Gasteiger partial charge in [0, 0.05) is 11.6 Å². The fourth-order valence-corrected chi connectivity index (χ4v) is 5.32. The highest BCUT2D eigenvalue weighted by Gasteiger charge is 2.33. The van der Waals surface area contributed by atoms with Gasteiger partial charge in [0.25, 0.3) is 5.91 Å². The van der Waals surface area contributed by atoms with Gasteiger partial charge in [-0.05, 0) is 36.1 Å². The van der Waals surface area contributed by atoms with Crippen molar-refractivity contribution in [2.45, 2.75) is 37.2 Å². The third-order valence-corrected chi connectivity index (χ3v) is 7.29. The van der Waals surface area contributed by atoms with Crippen LogP contribution in [-0.2, 0) is 14.6 Å². The number of amides is 2. The number of hydrogen-bond acceptors (Lipinski definition) is 6. The van der Waals surface area contributed by atoms with Crippen molar-refractivity contribution in [3.05, 3.63) is 53.6 Å². The molecule has 0 unspecified atom stereocenters. The summed E-state index contributed by atoms with van der Waals surface area (Å²) in [5, 5.41) is 5.71. The number of methoxy groups -OCH3 is 2. The standard InChI is InChI=1S/C23H28N2O6S/c1-14(2)21(25-22(26)15-11-16(30-3)13-17(12-15)31-4)23(27)24-19-9-10-32(28,29)20-8-6-5-7-18(19)20/h5-8,11-14,19,21H,9-10H2,1-4H3,(H,24,27)(H,25,26)/t19-,21-/m1/s1. The quantitative estimate of drug-likeness (QED) is 0.657. The van der Waals surface area contributed by atoms with E-state index in [2.05, 4.69) is 10.6 Å². The summed E-state index contributed by atoms with van der Waals surface area (Å²) in [7, 11) is -0.382. The molecule has 172 valence electrons. The van der Waals surface area contributed by atoms with Gasteiger partial charge in [-0.2, -0.15) is 0 Å². The molecule has 3 rings (SSSR count). The minimum absolute atomic E-state index is 0.0444. The van der Waals surface area contributed by atoms with E-state index in [0.717, 1.165) is 0 Å². The summed E-state index contributed by atoms with van der Waals surface area (Å²) in [6.07, 6.45) is 0.275. The molecular weight excluding hydrogens is 432 g/mol. The number of benzene rings is 2. The van der Waals surface area contributed by atoms with E-state index in [0.29, 0.717) is 22.6 Å². The molecule has 1 aliphatic heterocycles. The Morgan fingerprint density at radius 2 is 1.66 bits per heavy atom. The van der Waals surface area contributed by atoms with Crippen LogP contribution in [0, 0.1) is 5.92 Å². The van der Waals surface area contributed by atoms with Gasteiger partial charge in [0.05, 0.1) is 30.9 Å². The Labute approximate surface area is 188 Å². The first-order valence-electron chi connectivity index (χ1n) is 10.3. The zero-order chi connectivity index (χ0) is 23.5. The Hall–Kier alpha value is -3.07. The first kappa shape index (κ1) is 23.6. The van der Waals surface area contributed by atoms with Gasteiger partial charge >= 0.3 is 0 Å². The fraction of sp³-hybridized carbons (Fsp3) is 0.391. The lowest BCUT2D eigenvalue weighted by molar-refractivity contribution is -0.124. The third kappa shape index (κ3) is 5.04. The number of fused-ring (bicyclic) bond motifs is 1. The maximum Gasteiger partial charge on any atom is 0.252 e. The Bertz CT molecular complexity index is 1090. The Balaban J connectivity index is 1.80. The summed E-state index contributed by atoms with van der Waals surface area (Å²) in [6.45, 7) is 3.66. The van der Waals surface area contributed by atoms with Gasteiger partial charge in [0.1, 0.15) is 17.5 Å². The Kier molecular flexibility index (Phi) is 7.08. The lowest BCUT2D eigenvalue weighted by Gasteiger charge is -2.29. The summed E-state index contributed by atoms with van der Waals surface area (Å²) < 4.78 is 35.1. The minimum atomic E-state index is -3.36. The van der Waals surface area contributed by atoms with E-state index in [9.17, 15) is 18.0 Å². The molecule has 2 aromatic carbocycles. The second-order valence-electron chi connectivity index (χ2n) is 8.00. The molecular formula is C23H28N2O6S. The van der Waals surface area contributed by atoms with Crippen LogP contribution in [0.3, 0.4) is 0 Å². The molecule has 8 nitrogen and oxygen atoms in total. The van der Waals surface area contributed by atoms with Crippen molar-refractivity contribution in [1.29, 1.82) is 0 Å². The molecule has 0 saturated carbocycles. The average Bonchev–Trinajstić information content (AvgIpc) is 2.78. The van der Waals surface area contributed by atoms with E-state index < -0.39 is 27.8 Å². The van der Waals surface area contributed by atoms with Crippen molar-refractivity contribution < 1.29 is 27.5 Å². The predicted octanol–water partition coefficient (Wildman–Crippen LogP) is 2.49. The molecule has 1 aliphatic rings. The topological polar surface area (TPSA) is 111 Å². The molecule has 2 atom stereocenters. The summed E-state index contributed by atoms with van der Waals surface area (Å²) in [5.41, 5.74) is 0.868. The van der Waals surface area contributed by atoms with Gasteiger partial charge in [0.15, 0.2) is 9.84 Å². The van der Waals surface area contributed by atoms with Crippen LogP contribution >= 0.6 is 0 Å². The summed E-state index contributed by atoms with van der Waals surface area (Å²) >= 11 is 0. The van der Waals surface area contributed by atoms with Crippen molar-refractivity contribution in [1.82, 2.24) is 10.6 Å². The van der Waals surface area contributed by atoms with E-state index >= 15 is 0 Å². The van der Waals surface area contributed by atoms with Crippen molar-refractivity contribution in [3.8, 4) is 11.5 Å². The molecule has 0 bridgehead atoms. The monoisotopic (exact) mass is 460 g/mol. The average molecular weight is 461 g/mol. The predicted molar refractivity (Wildman–Crippen MR) is 120 cm³/mol. The molecule has 0 radical (unpaired) electrons. The molecule has 2 N–H and O–H groups in total. The maximum atomic E-state index is 13.1. The minimum Gasteiger partial charge on any atom is -0.497 e. The molecule has 32 heavy (non-hydrogen) atoms. The van der Waals surface area contributed by atoms with Crippen LogP contribution in [0.4, 0.5) is 0 Å². The molecule has 9 heteroatoms. The van der Waals surface area contributed by atoms with Crippen molar-refractivity contribution in [3.63, 3.8) is 0 Å². The molecule has 0 aliphatic carbocycles. The van der Waals surface area contributed by atoms with Crippen molar-refractivity contribution in [2.24, 2.45) is 5.92 Å². The van der Waals surface area contributed by atoms with Gasteiger partial charge < -0.3 is 20.1 Å². The van der Waals surface area contributed by atoms with Crippen LogP contribution in [0.25, 0.3) is 0 Å². The second kappa shape index (κ2) is 9.60. The molecule has 0 aromatic heterocycles. The Morgan fingerprint density at radius 1 is 1.03 bits per heavy atom. The number of sulfone groups is 1. The highest BCUT2D eigenvalue weighted by Crippen LogP contribution is 2.32. The molecule has 1 heterocycles. The summed E-state index contributed by atoms with van der Waals surface area (Å²) in [4.78, 5) is 26.2. The zero-order valence-electron chi connectivity index (χ0n) is 18.5. The normalized spacial score (nSPS) is 17.7. The first-order valence-corrected chi connectivity index (χ1v) is 12.0. The fourth-order valence-electron chi connectivity index (χ4n) is 3.70. The number of nitrogens with one attached hydrogen (secondary N) is 2. The highest BCUT2D eigenvalue weighted by molar-refractivity contribution is 7.91. The van der Waals surface area contributed by atoms with Crippen LogP contribution in [0.1, 0.15) is 42.2 Å². The van der Waals surface area contributed by atoms with Gasteiger partial charge in [-0.3, -0.25) is 9.59 Å². The van der Waals surface area contributed by atoms with E-state index in [1.165, 1.54) is 14.2 Å². The van der Waals surface area contributed by atoms with Crippen LogP contribution in [0.15, 0.2) is 47.4 Å². The van der Waals surface area contributed by atoms with Gasteiger partial charge in [-0.15, -0.1) is 0 Å². The number of rotatable bonds is 7. The van der Waals surface area contributed by atoms with E-state index in [1.807, 2.05) is 13.8 Å². The van der Waals surface area contributed by atoms with Gasteiger partial charge in [0.2, 0.25) is 5.91 Å². The van der Waals surface area contributed by atoms with Crippen LogP contribution < -0.4 is 20.1 Å². The largest absolute Gasteiger partial charge is 0.497 e. The molecule has 0 spiro atoms. The highest BCUT2D eigenvalue weighted by atomic mass is 32.2. The summed E-state index contributed by atoms with van der Waals surface area (Å²) in [6, 6.07) is 10.2.